The molecule has 5 nitrogen and oxygen atoms in total. The Kier molecular flexibility index (Phi) is 10.2. The molecule has 0 aliphatic rings. The Labute approximate surface area is 129 Å². The van der Waals surface area contributed by atoms with Crippen LogP contribution in [0.5, 0.6) is 0 Å². The summed E-state index contributed by atoms with van der Waals surface area (Å²) in [7, 11) is 1.82. The van der Waals surface area contributed by atoms with Crippen LogP contribution in [0.1, 0.15) is 51.9 Å². The molecule has 0 bridgehead atoms. The summed E-state index contributed by atoms with van der Waals surface area (Å²) in [6.45, 7) is 5.01. The van der Waals surface area contributed by atoms with Crippen molar-refractivity contribution in [1.82, 2.24) is 20.2 Å². The van der Waals surface area contributed by atoms with Gasteiger partial charge in [0, 0.05) is 39.1 Å². The van der Waals surface area contributed by atoms with Gasteiger partial charge >= 0.3 is 0 Å². The van der Waals surface area contributed by atoms with Crippen LogP contribution in [-0.2, 0) is 6.54 Å². The van der Waals surface area contributed by atoms with E-state index in [9.17, 15) is 0 Å². The number of aliphatic imine (C=N–C) groups is 1. The van der Waals surface area contributed by atoms with E-state index in [1.165, 1.54) is 44.9 Å². The van der Waals surface area contributed by atoms with Crippen molar-refractivity contribution < 1.29 is 0 Å². The second kappa shape index (κ2) is 12.2. The van der Waals surface area contributed by atoms with Crippen molar-refractivity contribution in [3.63, 3.8) is 0 Å². The number of imidazole rings is 1. The molecule has 1 aromatic rings. The van der Waals surface area contributed by atoms with Gasteiger partial charge in [-0.1, -0.05) is 45.4 Å². The lowest BCUT2D eigenvalue weighted by Crippen LogP contribution is -2.39. The molecule has 0 saturated carbocycles. The summed E-state index contributed by atoms with van der Waals surface area (Å²) < 4.78 is 2.05. The molecule has 1 aromatic heterocycles. The van der Waals surface area contributed by atoms with Crippen LogP contribution >= 0.6 is 0 Å². The maximum atomic E-state index is 4.23. The first-order valence-electron chi connectivity index (χ1n) is 8.27. The standard InChI is InChI=1S/C16H31N5/c1-3-4-5-6-7-8-9-10-19-16(17-2)20-12-14-21-13-11-18-15-21/h11,13,15H,3-10,12,14H2,1-2H3,(H2,17,19,20). The summed E-state index contributed by atoms with van der Waals surface area (Å²) in [4.78, 5) is 8.26. The largest absolute Gasteiger partial charge is 0.356 e. The van der Waals surface area contributed by atoms with Crippen LogP contribution in [0, 0.1) is 0 Å². The number of aromatic nitrogens is 2. The number of nitrogens with one attached hydrogen (secondary N) is 2. The second-order valence-corrected chi connectivity index (χ2v) is 5.35. The number of guanidine groups is 1. The van der Waals surface area contributed by atoms with Crippen LogP contribution < -0.4 is 10.6 Å². The molecule has 1 rings (SSSR count). The van der Waals surface area contributed by atoms with Crippen molar-refractivity contribution in [3.05, 3.63) is 18.7 Å². The van der Waals surface area contributed by atoms with Crippen LogP contribution in [0.15, 0.2) is 23.7 Å². The van der Waals surface area contributed by atoms with E-state index < -0.39 is 0 Å². The zero-order chi connectivity index (χ0) is 15.2. The van der Waals surface area contributed by atoms with E-state index in [0.29, 0.717) is 0 Å². The molecule has 0 spiro atoms. The topological polar surface area (TPSA) is 54.2 Å². The minimum atomic E-state index is 0.854. The fourth-order valence-electron chi connectivity index (χ4n) is 2.23. The molecule has 0 aromatic carbocycles. The van der Waals surface area contributed by atoms with Crippen molar-refractivity contribution in [1.29, 1.82) is 0 Å². The Morgan fingerprint density at radius 3 is 2.43 bits per heavy atom. The Morgan fingerprint density at radius 1 is 1.05 bits per heavy atom. The predicted molar refractivity (Wildman–Crippen MR) is 89.6 cm³/mol. The van der Waals surface area contributed by atoms with Crippen LogP contribution in [0.4, 0.5) is 0 Å². The average Bonchev–Trinajstić information content (AvgIpc) is 3.01. The number of unbranched alkanes of at least 4 members (excludes halogenated alkanes) is 6. The highest BCUT2D eigenvalue weighted by Crippen LogP contribution is 2.06. The lowest BCUT2D eigenvalue weighted by Gasteiger charge is -2.12. The van der Waals surface area contributed by atoms with E-state index in [4.69, 9.17) is 0 Å². The van der Waals surface area contributed by atoms with E-state index in [2.05, 4.69) is 32.1 Å². The lowest BCUT2D eigenvalue weighted by atomic mass is 10.1. The fourth-order valence-corrected chi connectivity index (χ4v) is 2.23. The maximum absolute atomic E-state index is 4.23. The Morgan fingerprint density at radius 2 is 1.76 bits per heavy atom. The summed E-state index contributed by atoms with van der Waals surface area (Å²) in [5, 5.41) is 6.68. The van der Waals surface area contributed by atoms with E-state index in [-0.39, 0.29) is 0 Å². The Hall–Kier alpha value is -1.52. The second-order valence-electron chi connectivity index (χ2n) is 5.35. The minimum absolute atomic E-state index is 0.854. The monoisotopic (exact) mass is 293 g/mol. The van der Waals surface area contributed by atoms with E-state index in [1.807, 2.05) is 19.6 Å². The van der Waals surface area contributed by atoms with Crippen molar-refractivity contribution in [2.24, 2.45) is 4.99 Å². The summed E-state index contributed by atoms with van der Waals surface area (Å²) in [5.74, 6) is 0.890. The van der Waals surface area contributed by atoms with Crippen LogP contribution in [0.2, 0.25) is 0 Å². The molecule has 0 aliphatic heterocycles. The van der Waals surface area contributed by atoms with Gasteiger partial charge in [0.2, 0.25) is 0 Å². The highest BCUT2D eigenvalue weighted by Gasteiger charge is 1.97. The molecule has 0 fully saturated rings. The third-order valence-corrected chi connectivity index (χ3v) is 3.52. The van der Waals surface area contributed by atoms with Crippen molar-refractivity contribution in [3.8, 4) is 0 Å². The van der Waals surface area contributed by atoms with Crippen molar-refractivity contribution in [2.75, 3.05) is 20.1 Å². The summed E-state index contributed by atoms with van der Waals surface area (Å²) in [5.41, 5.74) is 0. The zero-order valence-corrected chi connectivity index (χ0v) is 13.6. The molecular formula is C16H31N5. The fraction of sp³-hybridized carbons (Fsp3) is 0.750. The van der Waals surface area contributed by atoms with E-state index in [1.54, 1.807) is 6.20 Å². The zero-order valence-electron chi connectivity index (χ0n) is 13.6. The van der Waals surface area contributed by atoms with Gasteiger partial charge in [0.25, 0.3) is 0 Å². The van der Waals surface area contributed by atoms with Gasteiger partial charge in [0.15, 0.2) is 5.96 Å². The van der Waals surface area contributed by atoms with Crippen molar-refractivity contribution in [2.45, 2.75) is 58.4 Å². The highest BCUT2D eigenvalue weighted by molar-refractivity contribution is 5.79. The summed E-state index contributed by atoms with van der Waals surface area (Å²) >= 11 is 0. The van der Waals surface area contributed by atoms with Gasteiger partial charge < -0.3 is 15.2 Å². The lowest BCUT2D eigenvalue weighted by molar-refractivity contribution is 0.582. The molecule has 0 saturated heterocycles. The molecule has 1 heterocycles. The SMILES string of the molecule is CCCCCCCCCNC(=NC)NCCn1ccnc1. The Bertz CT molecular complexity index is 359. The summed E-state index contributed by atoms with van der Waals surface area (Å²) in [6.07, 6.45) is 15.0. The first-order chi connectivity index (χ1) is 10.4. The number of hydrogen-bond acceptors (Lipinski definition) is 2. The normalized spacial score (nSPS) is 11.6. The molecule has 21 heavy (non-hydrogen) atoms. The minimum Gasteiger partial charge on any atom is -0.356 e. The van der Waals surface area contributed by atoms with Crippen LogP contribution in [0.3, 0.4) is 0 Å². The van der Waals surface area contributed by atoms with Gasteiger partial charge in [0.1, 0.15) is 0 Å². The van der Waals surface area contributed by atoms with Gasteiger partial charge in [-0.25, -0.2) is 4.98 Å². The highest BCUT2D eigenvalue weighted by atomic mass is 15.2. The van der Waals surface area contributed by atoms with Gasteiger partial charge in [-0.05, 0) is 6.42 Å². The molecule has 120 valence electrons. The smallest absolute Gasteiger partial charge is 0.191 e. The number of nitrogens with zero attached hydrogens (tertiary/aromatic N) is 3. The molecular weight excluding hydrogens is 262 g/mol. The molecule has 2 N–H and O–H groups in total. The van der Waals surface area contributed by atoms with Gasteiger partial charge in [-0.2, -0.15) is 0 Å². The van der Waals surface area contributed by atoms with Crippen molar-refractivity contribution >= 4 is 5.96 Å². The molecule has 0 atom stereocenters. The number of hydrogen-bond donors (Lipinski definition) is 2. The van der Waals surface area contributed by atoms with Crippen LogP contribution in [-0.4, -0.2) is 35.6 Å². The predicted octanol–water partition coefficient (Wildman–Crippen LogP) is 2.80. The first-order valence-corrected chi connectivity index (χ1v) is 8.27. The number of rotatable bonds is 11. The molecule has 0 amide bonds. The van der Waals surface area contributed by atoms with E-state index in [0.717, 1.165) is 25.6 Å². The Balaban J connectivity index is 1.96. The van der Waals surface area contributed by atoms with Gasteiger partial charge in [-0.15, -0.1) is 0 Å². The third kappa shape index (κ3) is 9.10. The van der Waals surface area contributed by atoms with Gasteiger partial charge in [-0.3, -0.25) is 4.99 Å². The first kappa shape index (κ1) is 17.5. The summed E-state index contributed by atoms with van der Waals surface area (Å²) in [6, 6.07) is 0. The molecule has 0 aliphatic carbocycles. The molecule has 5 heteroatoms. The molecule has 0 radical (unpaired) electrons. The molecule has 0 unspecified atom stereocenters. The average molecular weight is 293 g/mol. The van der Waals surface area contributed by atoms with Crippen LogP contribution in [0.25, 0.3) is 0 Å². The van der Waals surface area contributed by atoms with Gasteiger partial charge in [0.05, 0.1) is 6.33 Å². The maximum Gasteiger partial charge on any atom is 0.191 e. The van der Waals surface area contributed by atoms with E-state index >= 15 is 0 Å². The quantitative estimate of drug-likeness (QED) is 0.375. The third-order valence-electron chi connectivity index (χ3n) is 3.52.